The van der Waals surface area contributed by atoms with Crippen LogP contribution in [0.25, 0.3) is 0 Å². The van der Waals surface area contributed by atoms with E-state index in [-0.39, 0.29) is 5.91 Å². The van der Waals surface area contributed by atoms with Crippen LogP contribution < -0.4 is 5.73 Å². The summed E-state index contributed by atoms with van der Waals surface area (Å²) in [6.45, 7) is 0. The summed E-state index contributed by atoms with van der Waals surface area (Å²) in [5.74, 6) is 0.0844. The summed E-state index contributed by atoms with van der Waals surface area (Å²) in [5.41, 5.74) is 7.06. The molecule has 0 unspecified atom stereocenters. The lowest BCUT2D eigenvalue weighted by atomic mass is 10.1. The van der Waals surface area contributed by atoms with Gasteiger partial charge in [-0.3, -0.25) is 4.79 Å². The monoisotopic (exact) mass is 249 g/mol. The lowest BCUT2D eigenvalue weighted by Gasteiger charge is -2.27. The second kappa shape index (κ2) is 5.46. The second-order valence-electron chi connectivity index (χ2n) is 5.33. The number of hydrogen-bond donors (Lipinski definition) is 1. The van der Waals surface area contributed by atoms with Gasteiger partial charge in [0, 0.05) is 26.3 Å². The van der Waals surface area contributed by atoms with Gasteiger partial charge in [-0.2, -0.15) is 0 Å². The molecule has 0 aliphatic heterocycles. The predicted octanol–water partition coefficient (Wildman–Crippen LogP) is 2.40. The minimum Gasteiger partial charge on any atom is -0.397 e. The maximum Gasteiger partial charge on any atom is 0.270 e. The Balaban J connectivity index is 2.10. The van der Waals surface area contributed by atoms with E-state index in [1.807, 2.05) is 23.6 Å². The van der Waals surface area contributed by atoms with Gasteiger partial charge in [-0.25, -0.2) is 0 Å². The Bertz CT molecular complexity index is 417. The molecule has 1 amide bonds. The summed E-state index contributed by atoms with van der Waals surface area (Å²) < 4.78 is 1.81. The van der Waals surface area contributed by atoms with E-state index in [9.17, 15) is 4.79 Å². The van der Waals surface area contributed by atoms with E-state index in [1.54, 1.807) is 12.3 Å². The van der Waals surface area contributed by atoms with Crippen molar-refractivity contribution in [3.05, 3.63) is 18.0 Å². The van der Waals surface area contributed by atoms with E-state index in [2.05, 4.69) is 0 Å². The van der Waals surface area contributed by atoms with Gasteiger partial charge in [0.1, 0.15) is 5.69 Å². The Morgan fingerprint density at radius 2 is 1.94 bits per heavy atom. The molecule has 0 aromatic carbocycles. The van der Waals surface area contributed by atoms with Gasteiger partial charge in [-0.05, 0) is 18.9 Å². The Kier molecular flexibility index (Phi) is 3.94. The molecule has 0 radical (unpaired) electrons. The van der Waals surface area contributed by atoms with E-state index in [0.29, 0.717) is 17.4 Å². The van der Waals surface area contributed by atoms with Crippen LogP contribution in [0.5, 0.6) is 0 Å². The first-order valence-corrected chi connectivity index (χ1v) is 6.78. The molecule has 4 heteroatoms. The zero-order valence-corrected chi connectivity index (χ0v) is 11.4. The van der Waals surface area contributed by atoms with Crippen LogP contribution in [0.3, 0.4) is 0 Å². The molecule has 1 aromatic rings. The SMILES string of the molecule is CN(C(=O)c1cc(N)cn1C)C1CCCCCC1. The number of nitrogen functional groups attached to an aromatic ring is 1. The molecule has 4 nitrogen and oxygen atoms in total. The molecular formula is C14H23N3O. The molecular weight excluding hydrogens is 226 g/mol. The third-order valence-corrected chi connectivity index (χ3v) is 3.94. The van der Waals surface area contributed by atoms with E-state index in [0.717, 1.165) is 12.8 Å². The fourth-order valence-electron chi connectivity index (χ4n) is 2.79. The van der Waals surface area contributed by atoms with Crippen molar-refractivity contribution in [1.29, 1.82) is 0 Å². The standard InChI is InChI=1S/C14H23N3O/c1-16-10-11(15)9-13(16)14(18)17(2)12-7-5-3-4-6-8-12/h9-10,12H,3-8,15H2,1-2H3. The van der Waals surface area contributed by atoms with E-state index < -0.39 is 0 Å². The van der Waals surface area contributed by atoms with E-state index >= 15 is 0 Å². The van der Waals surface area contributed by atoms with Crippen molar-refractivity contribution >= 4 is 11.6 Å². The maximum absolute atomic E-state index is 12.4. The number of amides is 1. The van der Waals surface area contributed by atoms with Gasteiger partial charge in [-0.15, -0.1) is 0 Å². The third kappa shape index (κ3) is 2.68. The van der Waals surface area contributed by atoms with Crippen molar-refractivity contribution in [2.24, 2.45) is 7.05 Å². The number of nitrogens with zero attached hydrogens (tertiary/aromatic N) is 2. The fraction of sp³-hybridized carbons (Fsp3) is 0.643. The smallest absolute Gasteiger partial charge is 0.270 e. The van der Waals surface area contributed by atoms with Gasteiger partial charge in [0.2, 0.25) is 0 Å². The molecule has 0 atom stereocenters. The van der Waals surface area contributed by atoms with Crippen molar-refractivity contribution in [1.82, 2.24) is 9.47 Å². The maximum atomic E-state index is 12.4. The van der Waals surface area contributed by atoms with Gasteiger partial charge in [-0.1, -0.05) is 25.7 Å². The van der Waals surface area contributed by atoms with E-state index in [4.69, 9.17) is 5.73 Å². The Labute approximate surface area is 109 Å². The van der Waals surface area contributed by atoms with Crippen molar-refractivity contribution < 1.29 is 4.79 Å². The zero-order chi connectivity index (χ0) is 13.1. The van der Waals surface area contributed by atoms with Crippen molar-refractivity contribution in [3.63, 3.8) is 0 Å². The van der Waals surface area contributed by atoms with Crippen LogP contribution in [0.1, 0.15) is 49.0 Å². The topological polar surface area (TPSA) is 51.3 Å². The number of nitrogens with two attached hydrogens (primary N) is 1. The molecule has 1 aromatic heterocycles. The summed E-state index contributed by atoms with van der Waals surface area (Å²) >= 11 is 0. The molecule has 1 saturated carbocycles. The second-order valence-corrected chi connectivity index (χ2v) is 5.33. The van der Waals surface area contributed by atoms with Gasteiger partial charge >= 0.3 is 0 Å². The van der Waals surface area contributed by atoms with Crippen LogP contribution in [0.15, 0.2) is 12.3 Å². The van der Waals surface area contributed by atoms with Crippen molar-refractivity contribution in [3.8, 4) is 0 Å². The minimum absolute atomic E-state index is 0.0844. The number of aryl methyl sites for hydroxylation is 1. The van der Waals surface area contributed by atoms with Gasteiger partial charge in [0.05, 0.1) is 5.69 Å². The molecule has 0 saturated heterocycles. The molecule has 18 heavy (non-hydrogen) atoms. The lowest BCUT2D eigenvalue weighted by molar-refractivity contribution is 0.0708. The average molecular weight is 249 g/mol. The summed E-state index contributed by atoms with van der Waals surface area (Å²) in [5, 5.41) is 0. The van der Waals surface area contributed by atoms with Gasteiger partial charge in [0.25, 0.3) is 5.91 Å². The lowest BCUT2D eigenvalue weighted by Crippen LogP contribution is -2.37. The normalized spacial score (nSPS) is 17.4. The third-order valence-electron chi connectivity index (χ3n) is 3.94. The number of carbonyl (C=O) groups excluding carboxylic acids is 1. The summed E-state index contributed by atoms with van der Waals surface area (Å²) in [4.78, 5) is 14.3. The number of rotatable bonds is 2. The highest BCUT2D eigenvalue weighted by molar-refractivity contribution is 5.93. The van der Waals surface area contributed by atoms with Crippen LogP contribution in [-0.2, 0) is 7.05 Å². The van der Waals surface area contributed by atoms with Gasteiger partial charge in [0.15, 0.2) is 0 Å². The molecule has 0 bridgehead atoms. The quantitative estimate of drug-likeness (QED) is 0.818. The van der Waals surface area contributed by atoms with Crippen LogP contribution in [0, 0.1) is 0 Å². The summed E-state index contributed by atoms with van der Waals surface area (Å²) in [7, 11) is 3.78. The van der Waals surface area contributed by atoms with Crippen molar-refractivity contribution in [2.45, 2.75) is 44.6 Å². The van der Waals surface area contributed by atoms with Crippen LogP contribution >= 0.6 is 0 Å². The Morgan fingerprint density at radius 3 is 2.44 bits per heavy atom. The van der Waals surface area contributed by atoms with Crippen molar-refractivity contribution in [2.75, 3.05) is 12.8 Å². The van der Waals surface area contributed by atoms with Crippen LogP contribution in [0.2, 0.25) is 0 Å². The molecule has 1 heterocycles. The number of anilines is 1. The first kappa shape index (κ1) is 13.0. The fourth-order valence-corrected chi connectivity index (χ4v) is 2.79. The predicted molar refractivity (Wildman–Crippen MR) is 73.4 cm³/mol. The van der Waals surface area contributed by atoms with E-state index in [1.165, 1.54) is 25.7 Å². The number of hydrogen-bond acceptors (Lipinski definition) is 2. The van der Waals surface area contributed by atoms with Crippen LogP contribution in [-0.4, -0.2) is 28.5 Å². The molecule has 2 rings (SSSR count). The molecule has 2 N–H and O–H groups in total. The first-order chi connectivity index (χ1) is 8.59. The first-order valence-electron chi connectivity index (χ1n) is 6.78. The largest absolute Gasteiger partial charge is 0.397 e. The molecule has 1 aliphatic carbocycles. The molecule has 1 fully saturated rings. The Hall–Kier alpha value is -1.45. The highest BCUT2D eigenvalue weighted by atomic mass is 16.2. The minimum atomic E-state index is 0.0844. The molecule has 0 spiro atoms. The molecule has 1 aliphatic rings. The molecule has 100 valence electrons. The number of carbonyl (C=O) groups is 1. The number of aromatic nitrogens is 1. The average Bonchev–Trinajstić information content (AvgIpc) is 2.59. The zero-order valence-electron chi connectivity index (χ0n) is 11.4. The summed E-state index contributed by atoms with van der Waals surface area (Å²) in [6, 6.07) is 2.14. The Morgan fingerprint density at radius 1 is 1.33 bits per heavy atom. The van der Waals surface area contributed by atoms with Crippen LogP contribution in [0.4, 0.5) is 5.69 Å². The highest BCUT2D eigenvalue weighted by Crippen LogP contribution is 2.22. The van der Waals surface area contributed by atoms with Gasteiger partial charge < -0.3 is 15.2 Å². The summed E-state index contributed by atoms with van der Waals surface area (Å²) in [6.07, 6.45) is 9.11. The highest BCUT2D eigenvalue weighted by Gasteiger charge is 2.23.